The highest BCUT2D eigenvalue weighted by Crippen LogP contribution is 2.56. The lowest BCUT2D eigenvalue weighted by Gasteiger charge is -2.22. The summed E-state index contributed by atoms with van der Waals surface area (Å²) >= 11 is 0. The van der Waals surface area contributed by atoms with Crippen LogP contribution in [0.4, 0.5) is 5.95 Å². The smallest absolute Gasteiger partial charge is 0.270 e. The van der Waals surface area contributed by atoms with Crippen molar-refractivity contribution in [2.45, 2.75) is 44.6 Å². The summed E-state index contributed by atoms with van der Waals surface area (Å²) in [5.41, 5.74) is 0.224. The van der Waals surface area contributed by atoms with Gasteiger partial charge in [0.25, 0.3) is 11.5 Å². The molecule has 0 bridgehead atoms. The lowest BCUT2D eigenvalue weighted by Crippen LogP contribution is -2.32. The molecule has 6 nitrogen and oxygen atoms in total. The van der Waals surface area contributed by atoms with Crippen LogP contribution in [0.25, 0.3) is 0 Å². The minimum atomic E-state index is -0.304. The Labute approximate surface area is 124 Å². The van der Waals surface area contributed by atoms with Gasteiger partial charge in [-0.3, -0.25) is 14.6 Å². The number of hydrogen-bond acceptors (Lipinski definition) is 4. The Morgan fingerprint density at radius 2 is 2.10 bits per heavy atom. The Morgan fingerprint density at radius 3 is 2.76 bits per heavy atom. The summed E-state index contributed by atoms with van der Waals surface area (Å²) in [6.07, 6.45) is 7.33. The van der Waals surface area contributed by atoms with Gasteiger partial charge >= 0.3 is 0 Å². The molecule has 2 aliphatic carbocycles. The van der Waals surface area contributed by atoms with Gasteiger partial charge < -0.3 is 10.2 Å². The first-order valence-corrected chi connectivity index (χ1v) is 7.60. The summed E-state index contributed by atoms with van der Waals surface area (Å²) in [5.74, 6) is 0.160. The monoisotopic (exact) mass is 290 g/mol. The van der Waals surface area contributed by atoms with Crippen LogP contribution in [0.1, 0.15) is 49.0 Å². The van der Waals surface area contributed by atoms with Crippen LogP contribution in [0, 0.1) is 5.41 Å². The third kappa shape index (κ3) is 2.80. The first kappa shape index (κ1) is 14.1. The second kappa shape index (κ2) is 5.16. The highest BCUT2D eigenvalue weighted by atomic mass is 16.2. The predicted octanol–water partition coefficient (Wildman–Crippen LogP) is 1.29. The molecule has 2 fully saturated rings. The van der Waals surface area contributed by atoms with Crippen molar-refractivity contribution in [3.8, 4) is 0 Å². The zero-order valence-electron chi connectivity index (χ0n) is 12.6. The number of nitrogens with zero attached hydrogens (tertiary/aromatic N) is 2. The number of aromatic amines is 1. The van der Waals surface area contributed by atoms with Crippen LogP contribution in [0.5, 0.6) is 0 Å². The number of amides is 1. The van der Waals surface area contributed by atoms with E-state index < -0.39 is 0 Å². The van der Waals surface area contributed by atoms with Crippen molar-refractivity contribution in [3.05, 3.63) is 22.1 Å². The number of anilines is 1. The van der Waals surface area contributed by atoms with Gasteiger partial charge in [-0.25, -0.2) is 4.98 Å². The van der Waals surface area contributed by atoms with E-state index in [1.54, 1.807) is 19.0 Å². The molecule has 0 aliphatic heterocycles. The molecule has 2 saturated carbocycles. The molecule has 0 saturated heterocycles. The normalized spacial score (nSPS) is 22.9. The minimum absolute atomic E-state index is 0.195. The zero-order chi connectivity index (χ0) is 15.0. The fraction of sp³-hybridized carbons (Fsp3) is 0.667. The van der Waals surface area contributed by atoms with Crippen molar-refractivity contribution in [3.63, 3.8) is 0 Å². The lowest BCUT2D eigenvalue weighted by atomic mass is 9.86. The van der Waals surface area contributed by atoms with Crippen molar-refractivity contribution in [2.24, 2.45) is 5.41 Å². The topological polar surface area (TPSA) is 78.1 Å². The summed E-state index contributed by atoms with van der Waals surface area (Å²) in [7, 11) is 3.55. The highest BCUT2D eigenvalue weighted by molar-refractivity contribution is 5.93. The second-order valence-electron chi connectivity index (χ2n) is 6.50. The van der Waals surface area contributed by atoms with Crippen LogP contribution in [0.3, 0.4) is 0 Å². The van der Waals surface area contributed by atoms with Crippen molar-refractivity contribution in [2.75, 3.05) is 19.0 Å². The largest absolute Gasteiger partial charge is 0.348 e. The molecule has 1 aromatic heterocycles. The molecule has 1 amide bonds. The van der Waals surface area contributed by atoms with Crippen LogP contribution in [0.15, 0.2) is 10.9 Å². The maximum Gasteiger partial charge on any atom is 0.270 e. The van der Waals surface area contributed by atoms with E-state index in [0.717, 1.165) is 6.42 Å². The van der Waals surface area contributed by atoms with Crippen LogP contribution >= 0.6 is 0 Å². The van der Waals surface area contributed by atoms with Crippen molar-refractivity contribution >= 4 is 11.9 Å². The molecule has 1 spiro atoms. The Bertz CT molecular complexity index is 602. The number of hydrogen-bond donors (Lipinski definition) is 2. The molecule has 0 radical (unpaired) electrons. The van der Waals surface area contributed by atoms with E-state index in [2.05, 4.69) is 15.3 Å². The number of nitrogens with one attached hydrogen (secondary N) is 2. The number of aromatic nitrogens is 2. The Morgan fingerprint density at radius 1 is 1.38 bits per heavy atom. The summed E-state index contributed by atoms with van der Waals surface area (Å²) in [5, 5.41) is 3.05. The van der Waals surface area contributed by atoms with Crippen molar-refractivity contribution in [1.29, 1.82) is 0 Å². The first-order chi connectivity index (χ1) is 10.00. The molecule has 1 unspecified atom stereocenters. The molecular formula is C15H22N4O2. The molecule has 2 N–H and O–H groups in total. The highest BCUT2D eigenvalue weighted by Gasteiger charge is 2.54. The van der Waals surface area contributed by atoms with E-state index in [1.165, 1.54) is 38.2 Å². The van der Waals surface area contributed by atoms with E-state index in [-0.39, 0.29) is 23.2 Å². The Balaban J connectivity index is 1.70. The van der Waals surface area contributed by atoms with Crippen molar-refractivity contribution < 1.29 is 4.79 Å². The molecule has 114 valence electrons. The van der Waals surface area contributed by atoms with E-state index in [9.17, 15) is 9.59 Å². The summed E-state index contributed by atoms with van der Waals surface area (Å²) < 4.78 is 0. The van der Waals surface area contributed by atoms with Crippen molar-refractivity contribution in [1.82, 2.24) is 15.3 Å². The molecule has 0 aromatic carbocycles. The summed E-state index contributed by atoms with van der Waals surface area (Å²) in [6, 6.07) is 1.52. The lowest BCUT2D eigenvalue weighted by molar-refractivity contribution is 0.0937. The van der Waals surface area contributed by atoms with Crippen LogP contribution < -0.4 is 15.8 Å². The van der Waals surface area contributed by atoms with Crippen LogP contribution in [0.2, 0.25) is 0 Å². The van der Waals surface area contributed by atoms with E-state index in [1.807, 2.05) is 0 Å². The van der Waals surface area contributed by atoms with Crippen LogP contribution in [-0.2, 0) is 0 Å². The maximum absolute atomic E-state index is 12.3. The molecule has 21 heavy (non-hydrogen) atoms. The van der Waals surface area contributed by atoms with Gasteiger partial charge in [-0.1, -0.05) is 19.3 Å². The van der Waals surface area contributed by atoms with Gasteiger partial charge in [0.1, 0.15) is 5.69 Å². The average Bonchev–Trinajstić information content (AvgIpc) is 3.10. The second-order valence-corrected chi connectivity index (χ2v) is 6.50. The van der Waals surface area contributed by atoms with Gasteiger partial charge in [0.15, 0.2) is 0 Å². The number of H-pyrrole nitrogens is 1. The Hall–Kier alpha value is -1.85. The standard InChI is InChI=1S/C15H22N4O2/c1-19(2)14-16-10(8-12(20)18-14)13(21)17-11-9-15(11)6-4-3-5-7-15/h8,11H,3-7,9H2,1-2H3,(H,17,21)(H,16,18,20). The van der Waals surface area contributed by atoms with Gasteiger partial charge in [-0.15, -0.1) is 0 Å². The van der Waals surface area contributed by atoms with Gasteiger partial charge in [-0.2, -0.15) is 0 Å². The summed E-state index contributed by atoms with van der Waals surface area (Å²) in [6.45, 7) is 0. The van der Waals surface area contributed by atoms with E-state index >= 15 is 0 Å². The molecule has 1 heterocycles. The maximum atomic E-state index is 12.3. The quantitative estimate of drug-likeness (QED) is 0.879. The first-order valence-electron chi connectivity index (χ1n) is 7.60. The van der Waals surface area contributed by atoms with Gasteiger partial charge in [0.05, 0.1) is 0 Å². The van der Waals surface area contributed by atoms with Crippen LogP contribution in [-0.4, -0.2) is 36.0 Å². The number of rotatable bonds is 3. The molecular weight excluding hydrogens is 268 g/mol. The fourth-order valence-electron chi connectivity index (χ4n) is 3.37. The van der Waals surface area contributed by atoms with E-state index in [4.69, 9.17) is 0 Å². The number of carbonyl (C=O) groups excluding carboxylic acids is 1. The minimum Gasteiger partial charge on any atom is -0.348 e. The SMILES string of the molecule is CN(C)c1nc(C(=O)NC2CC23CCCCC3)cc(=O)[nH]1. The molecule has 2 aliphatic rings. The van der Waals surface area contributed by atoms with Gasteiger partial charge in [0, 0.05) is 26.2 Å². The third-order valence-corrected chi connectivity index (χ3v) is 4.73. The Kier molecular flexibility index (Phi) is 3.47. The third-order valence-electron chi connectivity index (χ3n) is 4.73. The van der Waals surface area contributed by atoms with E-state index in [0.29, 0.717) is 11.4 Å². The molecule has 3 rings (SSSR count). The molecule has 1 atom stereocenters. The fourth-order valence-corrected chi connectivity index (χ4v) is 3.37. The van der Waals surface area contributed by atoms with Gasteiger partial charge in [0.2, 0.25) is 5.95 Å². The summed E-state index contributed by atoms with van der Waals surface area (Å²) in [4.78, 5) is 32.4. The van der Waals surface area contributed by atoms with Gasteiger partial charge in [-0.05, 0) is 24.7 Å². The number of carbonyl (C=O) groups is 1. The zero-order valence-corrected chi connectivity index (χ0v) is 12.6. The average molecular weight is 290 g/mol. The molecule has 6 heteroatoms. The predicted molar refractivity (Wildman–Crippen MR) is 80.6 cm³/mol. The molecule has 1 aromatic rings.